The third kappa shape index (κ3) is 5.16. The summed E-state index contributed by atoms with van der Waals surface area (Å²) >= 11 is 6.27. The number of esters is 1. The first kappa shape index (κ1) is 25.9. The molecule has 6 nitrogen and oxygen atoms in total. The number of aromatic nitrogens is 2. The standard InChI is InChI=1S/C30H28ClFN2O4/c1-18(35)19-8-12-25(31)21(14-19)17-38-23-10-11-24(26(32)16-23)29-33-27-15-20(30(36)37-2)9-13-28(27)34(29)22-6-4-3-5-7-22/h8-16,22H,3-7,17H2,1-2H3. The molecule has 38 heavy (non-hydrogen) atoms. The molecule has 0 spiro atoms. The van der Waals surface area contributed by atoms with Crippen molar-refractivity contribution in [2.24, 2.45) is 0 Å². The van der Waals surface area contributed by atoms with Crippen LogP contribution in [0.3, 0.4) is 0 Å². The van der Waals surface area contributed by atoms with Crippen LogP contribution in [0.2, 0.25) is 5.02 Å². The van der Waals surface area contributed by atoms with Gasteiger partial charge in [0.2, 0.25) is 0 Å². The summed E-state index contributed by atoms with van der Waals surface area (Å²) < 4.78 is 28.4. The fourth-order valence-corrected chi connectivity index (χ4v) is 5.25. The highest BCUT2D eigenvalue weighted by atomic mass is 35.5. The number of ether oxygens (including phenoxy) is 2. The molecule has 4 aromatic rings. The summed E-state index contributed by atoms with van der Waals surface area (Å²) in [5.41, 5.74) is 3.41. The Morgan fingerprint density at radius 2 is 1.79 bits per heavy atom. The van der Waals surface area contributed by atoms with E-state index >= 15 is 4.39 Å². The maximum Gasteiger partial charge on any atom is 0.337 e. The Kier molecular flexibility index (Phi) is 7.47. The number of rotatable bonds is 7. The molecule has 1 aromatic heterocycles. The van der Waals surface area contributed by atoms with Gasteiger partial charge >= 0.3 is 5.97 Å². The minimum Gasteiger partial charge on any atom is -0.489 e. The summed E-state index contributed by atoms with van der Waals surface area (Å²) in [4.78, 5) is 28.6. The smallest absolute Gasteiger partial charge is 0.337 e. The largest absolute Gasteiger partial charge is 0.489 e. The first-order valence-corrected chi connectivity index (χ1v) is 13.1. The molecule has 0 radical (unpaired) electrons. The Labute approximate surface area is 225 Å². The zero-order valence-electron chi connectivity index (χ0n) is 21.3. The van der Waals surface area contributed by atoms with Crippen LogP contribution in [-0.2, 0) is 11.3 Å². The van der Waals surface area contributed by atoms with Gasteiger partial charge in [-0.15, -0.1) is 0 Å². The monoisotopic (exact) mass is 534 g/mol. The fourth-order valence-electron chi connectivity index (χ4n) is 5.07. The van der Waals surface area contributed by atoms with Crippen molar-refractivity contribution in [3.63, 3.8) is 0 Å². The molecule has 1 saturated carbocycles. The van der Waals surface area contributed by atoms with E-state index in [4.69, 9.17) is 26.1 Å². The summed E-state index contributed by atoms with van der Waals surface area (Å²) in [5, 5.41) is 0.472. The molecule has 1 fully saturated rings. The SMILES string of the molecule is COC(=O)c1ccc2c(c1)nc(-c1ccc(OCc3cc(C(C)=O)ccc3Cl)cc1F)n2C1CCCCC1. The Hall–Kier alpha value is -3.71. The van der Waals surface area contributed by atoms with Crippen molar-refractivity contribution >= 4 is 34.4 Å². The van der Waals surface area contributed by atoms with E-state index in [1.807, 2.05) is 6.07 Å². The number of Topliss-reactive ketones (excluding diaryl/α,β-unsaturated/α-hetero) is 1. The zero-order valence-corrected chi connectivity index (χ0v) is 22.1. The summed E-state index contributed by atoms with van der Waals surface area (Å²) in [7, 11) is 1.34. The van der Waals surface area contributed by atoms with E-state index in [1.54, 1.807) is 42.5 Å². The van der Waals surface area contributed by atoms with Crippen LogP contribution in [0.4, 0.5) is 4.39 Å². The summed E-state index contributed by atoms with van der Waals surface area (Å²) in [6.07, 6.45) is 5.37. The number of nitrogens with zero attached hydrogens (tertiary/aromatic N) is 2. The molecule has 0 atom stereocenters. The van der Waals surface area contributed by atoms with E-state index in [2.05, 4.69) is 4.57 Å². The van der Waals surface area contributed by atoms with Crippen molar-refractivity contribution < 1.29 is 23.5 Å². The van der Waals surface area contributed by atoms with Crippen LogP contribution in [0.5, 0.6) is 5.75 Å². The molecule has 8 heteroatoms. The highest BCUT2D eigenvalue weighted by Crippen LogP contribution is 2.37. The number of carbonyl (C=O) groups excluding carboxylic acids is 2. The number of methoxy groups -OCH3 is 1. The van der Waals surface area contributed by atoms with E-state index in [-0.39, 0.29) is 18.4 Å². The fraction of sp³-hybridized carbons (Fsp3) is 0.300. The van der Waals surface area contributed by atoms with Crippen molar-refractivity contribution in [1.82, 2.24) is 9.55 Å². The van der Waals surface area contributed by atoms with Gasteiger partial charge in [-0.2, -0.15) is 0 Å². The third-order valence-electron chi connectivity index (χ3n) is 7.08. The third-order valence-corrected chi connectivity index (χ3v) is 7.45. The number of imidazole rings is 1. The molecule has 5 rings (SSSR count). The van der Waals surface area contributed by atoms with Crippen molar-refractivity contribution in [2.75, 3.05) is 7.11 Å². The van der Waals surface area contributed by atoms with Gasteiger partial charge in [0, 0.05) is 28.3 Å². The van der Waals surface area contributed by atoms with Crippen LogP contribution < -0.4 is 4.74 Å². The quantitative estimate of drug-likeness (QED) is 0.181. The lowest BCUT2D eigenvalue weighted by Gasteiger charge is -2.25. The van der Waals surface area contributed by atoms with E-state index in [9.17, 15) is 9.59 Å². The van der Waals surface area contributed by atoms with Crippen LogP contribution >= 0.6 is 11.6 Å². The summed E-state index contributed by atoms with van der Waals surface area (Å²) in [6.45, 7) is 1.58. The number of ketones is 1. The average molecular weight is 535 g/mol. The molecule has 0 saturated heterocycles. The van der Waals surface area contributed by atoms with Crippen LogP contribution in [-0.4, -0.2) is 28.4 Å². The molecule has 0 bridgehead atoms. The van der Waals surface area contributed by atoms with Gasteiger partial charge in [-0.05, 0) is 68.3 Å². The maximum absolute atomic E-state index is 15.6. The van der Waals surface area contributed by atoms with Crippen molar-refractivity contribution in [2.45, 2.75) is 51.7 Å². The van der Waals surface area contributed by atoms with Gasteiger partial charge in [-0.25, -0.2) is 14.2 Å². The second kappa shape index (κ2) is 11.0. The number of hydrogen-bond acceptors (Lipinski definition) is 5. The van der Waals surface area contributed by atoms with Crippen LogP contribution in [0, 0.1) is 5.82 Å². The maximum atomic E-state index is 15.6. The number of hydrogen-bond donors (Lipinski definition) is 0. The lowest BCUT2D eigenvalue weighted by molar-refractivity contribution is 0.0600. The average Bonchev–Trinajstić information content (AvgIpc) is 3.31. The molecule has 1 heterocycles. The van der Waals surface area contributed by atoms with Crippen molar-refractivity contribution in [3.05, 3.63) is 82.1 Å². The highest BCUT2D eigenvalue weighted by Gasteiger charge is 2.24. The molecule has 0 N–H and O–H groups in total. The molecule has 3 aromatic carbocycles. The van der Waals surface area contributed by atoms with E-state index in [0.29, 0.717) is 44.4 Å². The van der Waals surface area contributed by atoms with Crippen LogP contribution in [0.15, 0.2) is 54.6 Å². The van der Waals surface area contributed by atoms with Gasteiger partial charge in [-0.3, -0.25) is 4.79 Å². The minimum absolute atomic E-state index is 0.0714. The van der Waals surface area contributed by atoms with Gasteiger partial charge < -0.3 is 14.0 Å². The van der Waals surface area contributed by atoms with Crippen LogP contribution in [0.25, 0.3) is 22.4 Å². The molecule has 0 amide bonds. The second-order valence-electron chi connectivity index (χ2n) is 9.59. The number of halogens is 2. The molecule has 1 aliphatic rings. The van der Waals surface area contributed by atoms with Gasteiger partial charge in [0.05, 0.1) is 29.3 Å². The number of carbonyl (C=O) groups is 2. The van der Waals surface area contributed by atoms with Crippen molar-refractivity contribution in [1.29, 1.82) is 0 Å². The lowest BCUT2D eigenvalue weighted by Crippen LogP contribution is -2.14. The number of fused-ring (bicyclic) bond motifs is 1. The predicted molar refractivity (Wildman–Crippen MR) is 144 cm³/mol. The topological polar surface area (TPSA) is 70.4 Å². The van der Waals surface area contributed by atoms with Crippen molar-refractivity contribution in [3.8, 4) is 17.1 Å². The molecule has 196 valence electrons. The Morgan fingerprint density at radius 1 is 1.03 bits per heavy atom. The highest BCUT2D eigenvalue weighted by molar-refractivity contribution is 6.31. The van der Waals surface area contributed by atoms with Gasteiger partial charge in [0.1, 0.15) is 24.0 Å². The number of benzene rings is 3. The van der Waals surface area contributed by atoms with Gasteiger partial charge in [-0.1, -0.05) is 30.9 Å². The second-order valence-corrected chi connectivity index (χ2v) is 9.99. The normalized spacial score (nSPS) is 14.0. The summed E-state index contributed by atoms with van der Waals surface area (Å²) in [5.74, 6) is -0.120. The van der Waals surface area contributed by atoms with E-state index in [0.717, 1.165) is 31.2 Å². The molecule has 0 aliphatic heterocycles. The predicted octanol–water partition coefficient (Wildman–Crippen LogP) is 7.57. The van der Waals surface area contributed by atoms with Crippen LogP contribution in [0.1, 0.15) is 71.3 Å². The van der Waals surface area contributed by atoms with E-state index in [1.165, 1.54) is 26.5 Å². The van der Waals surface area contributed by atoms with Gasteiger partial charge in [0.25, 0.3) is 0 Å². The molecular weight excluding hydrogens is 507 g/mol. The molecular formula is C30H28ClFN2O4. The Morgan fingerprint density at radius 3 is 2.50 bits per heavy atom. The minimum atomic E-state index is -0.466. The molecule has 0 unspecified atom stereocenters. The van der Waals surface area contributed by atoms with E-state index < -0.39 is 11.8 Å². The Balaban J connectivity index is 1.49. The summed E-state index contributed by atoms with van der Waals surface area (Å²) in [6, 6.07) is 15.2. The molecule has 1 aliphatic carbocycles. The lowest BCUT2D eigenvalue weighted by atomic mass is 9.94. The zero-order chi connectivity index (χ0) is 26.8. The first-order valence-electron chi connectivity index (χ1n) is 12.7. The first-order chi connectivity index (χ1) is 18.4. The van der Waals surface area contributed by atoms with Gasteiger partial charge in [0.15, 0.2) is 5.78 Å². The Bertz CT molecular complexity index is 1520.